The van der Waals surface area contributed by atoms with Gasteiger partial charge in [-0.15, -0.1) is 0 Å². The first-order chi connectivity index (χ1) is 37.4. The Hall–Kier alpha value is -5.92. The third-order valence-electron chi connectivity index (χ3n) is 17.2. The molecule has 4 aromatic carbocycles. The molecule has 0 spiro atoms. The first-order valence-corrected chi connectivity index (χ1v) is 29.2. The lowest BCUT2D eigenvalue weighted by Crippen LogP contribution is -2.61. The van der Waals surface area contributed by atoms with Crippen LogP contribution < -0.4 is 5.32 Å². The predicted molar refractivity (Wildman–Crippen MR) is 301 cm³/mol. The molecule has 77 heavy (non-hydrogen) atoms. The average molecular weight is 1050 g/mol. The van der Waals surface area contributed by atoms with Gasteiger partial charge < -0.3 is 34.4 Å². The van der Waals surface area contributed by atoms with Crippen molar-refractivity contribution in [2.45, 2.75) is 136 Å². The molecule has 1 N–H and O–H groups in total. The second-order valence-electron chi connectivity index (χ2n) is 22.8. The zero-order chi connectivity index (χ0) is 54.3. The molecule has 5 atom stereocenters. The van der Waals surface area contributed by atoms with Gasteiger partial charge in [-0.05, 0) is 103 Å². The summed E-state index contributed by atoms with van der Waals surface area (Å²) < 4.78 is 12.1. The first-order valence-electron chi connectivity index (χ1n) is 29.2. The summed E-state index contributed by atoms with van der Waals surface area (Å²) in [5, 5.41) is 4.80. The molecule has 0 bridgehead atoms. The van der Waals surface area contributed by atoms with Gasteiger partial charge in [-0.2, -0.15) is 0 Å². The Balaban J connectivity index is 1.03. The second-order valence-corrected chi connectivity index (χ2v) is 22.8. The highest BCUT2D eigenvalue weighted by atomic mass is 16.5. The van der Waals surface area contributed by atoms with E-state index in [1.165, 1.54) is 0 Å². The van der Waals surface area contributed by atoms with Crippen LogP contribution in [-0.4, -0.2) is 139 Å². The van der Waals surface area contributed by atoms with Crippen molar-refractivity contribution in [3.8, 4) is 0 Å². The van der Waals surface area contributed by atoms with E-state index in [0.29, 0.717) is 76.4 Å². The van der Waals surface area contributed by atoms with Crippen LogP contribution in [0, 0.1) is 29.6 Å². The Morgan fingerprint density at radius 3 is 1.53 bits per heavy atom. The highest BCUT2D eigenvalue weighted by molar-refractivity contribution is 6.02. The fourth-order valence-electron chi connectivity index (χ4n) is 12.1. The highest BCUT2D eigenvalue weighted by Gasteiger charge is 2.41. The molecule has 8 rings (SSSR count). The van der Waals surface area contributed by atoms with Crippen LogP contribution in [0.4, 0.5) is 0 Å². The molecular weight excluding hydrogens is 967 g/mol. The summed E-state index contributed by atoms with van der Waals surface area (Å²) in [5.41, 5.74) is 3.18. The monoisotopic (exact) mass is 1050 g/mol. The molecule has 13 heteroatoms. The summed E-state index contributed by atoms with van der Waals surface area (Å²) in [6, 6.07) is 29.9. The summed E-state index contributed by atoms with van der Waals surface area (Å²) in [6.07, 6.45) is 12.3. The maximum Gasteiger partial charge on any atom is 0.253 e. The SMILES string of the molecule is CC[C@@H](C)C(=O)N[C@H](C(=O)N1CCOC[C@H]1CN(CCc1ccccc1)C(=O)c1ccc2cc(C(=O)N(CCc3ccccc3)C[C@@H]3COCCN3C(=O)[C@@H](CC(=O)C(C)C)C3CCCCC3)ccc2c1)C1CCCCC1. The molecule has 0 aromatic heterocycles. The predicted octanol–water partition coefficient (Wildman–Crippen LogP) is 9.59. The molecule has 0 radical (unpaired) electrons. The van der Waals surface area contributed by atoms with E-state index in [2.05, 4.69) is 29.6 Å². The van der Waals surface area contributed by atoms with E-state index in [4.69, 9.17) is 9.47 Å². The maximum atomic E-state index is 14.9. The van der Waals surface area contributed by atoms with Crippen LogP contribution in [0.3, 0.4) is 0 Å². The molecule has 4 aromatic rings. The molecule has 13 nitrogen and oxygen atoms in total. The number of benzene rings is 4. The number of carbonyl (C=O) groups is 6. The normalized spacial score (nSPS) is 19.8. The molecule has 4 aliphatic rings. The molecular formula is C64H85N5O8. The quantitative estimate of drug-likeness (QED) is 0.0820. The zero-order valence-corrected chi connectivity index (χ0v) is 46.4. The maximum absolute atomic E-state index is 14.9. The Morgan fingerprint density at radius 1 is 0.597 bits per heavy atom. The summed E-state index contributed by atoms with van der Waals surface area (Å²) in [5.74, 6) is -0.928. The average Bonchev–Trinajstić information content (AvgIpc) is 3.48. The minimum atomic E-state index is -0.629. The van der Waals surface area contributed by atoms with Gasteiger partial charge in [0.2, 0.25) is 17.7 Å². The summed E-state index contributed by atoms with van der Waals surface area (Å²) >= 11 is 0. The number of carbonyl (C=O) groups excluding carboxylic acids is 6. The third-order valence-corrected chi connectivity index (χ3v) is 17.2. The summed E-state index contributed by atoms with van der Waals surface area (Å²) in [4.78, 5) is 93.6. The molecule has 2 saturated carbocycles. The van der Waals surface area contributed by atoms with Gasteiger partial charge in [-0.1, -0.05) is 139 Å². The van der Waals surface area contributed by atoms with Gasteiger partial charge in [-0.3, -0.25) is 28.8 Å². The van der Waals surface area contributed by atoms with E-state index in [1.807, 2.05) is 120 Å². The van der Waals surface area contributed by atoms with Crippen LogP contribution in [0.15, 0.2) is 97.1 Å². The number of Topliss-reactive ketones (excluding diaryl/α,β-unsaturated/α-hetero) is 1. The van der Waals surface area contributed by atoms with Gasteiger partial charge in [0, 0.05) is 74.6 Å². The molecule has 5 amide bonds. The lowest BCUT2D eigenvalue weighted by Gasteiger charge is -2.42. The zero-order valence-electron chi connectivity index (χ0n) is 46.4. The van der Waals surface area contributed by atoms with Gasteiger partial charge in [0.15, 0.2) is 0 Å². The van der Waals surface area contributed by atoms with Crippen molar-refractivity contribution in [3.05, 3.63) is 119 Å². The van der Waals surface area contributed by atoms with Gasteiger partial charge in [0.25, 0.3) is 11.8 Å². The molecule has 4 fully saturated rings. The summed E-state index contributed by atoms with van der Waals surface area (Å²) in [6.45, 7) is 11.2. The van der Waals surface area contributed by atoms with Crippen LogP contribution in [0.2, 0.25) is 0 Å². The van der Waals surface area contributed by atoms with Gasteiger partial charge >= 0.3 is 0 Å². The molecule has 414 valence electrons. The Morgan fingerprint density at radius 2 is 1.06 bits per heavy atom. The van der Waals surface area contributed by atoms with Crippen molar-refractivity contribution < 1.29 is 38.2 Å². The minimum Gasteiger partial charge on any atom is -0.377 e. The van der Waals surface area contributed by atoms with Crippen LogP contribution in [-0.2, 0) is 41.5 Å². The number of rotatable bonds is 22. The highest BCUT2D eigenvalue weighted by Crippen LogP contribution is 2.35. The van der Waals surface area contributed by atoms with Crippen molar-refractivity contribution in [2.75, 3.05) is 65.7 Å². The van der Waals surface area contributed by atoms with E-state index in [-0.39, 0.29) is 97.1 Å². The van der Waals surface area contributed by atoms with Crippen LogP contribution in [0.1, 0.15) is 137 Å². The molecule has 2 aliphatic carbocycles. The number of ether oxygens (including phenoxy) is 2. The number of hydrogen-bond acceptors (Lipinski definition) is 8. The third kappa shape index (κ3) is 15.2. The van der Waals surface area contributed by atoms with Crippen LogP contribution in [0.5, 0.6) is 0 Å². The van der Waals surface area contributed by atoms with E-state index < -0.39 is 12.1 Å². The summed E-state index contributed by atoms with van der Waals surface area (Å²) in [7, 11) is 0. The largest absolute Gasteiger partial charge is 0.377 e. The topological polar surface area (TPSA) is 146 Å². The molecule has 0 unspecified atom stereocenters. The first kappa shape index (κ1) is 57.3. The van der Waals surface area contributed by atoms with Crippen molar-refractivity contribution in [1.29, 1.82) is 0 Å². The van der Waals surface area contributed by atoms with Gasteiger partial charge in [0.1, 0.15) is 11.8 Å². The number of fused-ring (bicyclic) bond motifs is 1. The van der Waals surface area contributed by atoms with Crippen LogP contribution >= 0.6 is 0 Å². The van der Waals surface area contributed by atoms with E-state index >= 15 is 0 Å². The number of hydrogen-bond donors (Lipinski definition) is 1. The number of nitrogens with one attached hydrogen (secondary N) is 1. The Labute approximate surface area is 457 Å². The number of ketones is 1. The molecule has 2 aliphatic heterocycles. The number of nitrogens with zero attached hydrogens (tertiary/aromatic N) is 4. The fraction of sp³-hybridized carbons (Fsp3) is 0.562. The lowest BCUT2D eigenvalue weighted by atomic mass is 9.76. The fourth-order valence-corrected chi connectivity index (χ4v) is 12.1. The smallest absolute Gasteiger partial charge is 0.253 e. The van der Waals surface area contributed by atoms with Crippen molar-refractivity contribution in [1.82, 2.24) is 24.9 Å². The Kier molecular flexibility index (Phi) is 20.9. The van der Waals surface area contributed by atoms with Crippen molar-refractivity contribution in [3.63, 3.8) is 0 Å². The lowest BCUT2D eigenvalue weighted by molar-refractivity contribution is -0.149. The van der Waals surface area contributed by atoms with Gasteiger partial charge in [0.05, 0.1) is 38.5 Å². The van der Waals surface area contributed by atoms with Crippen molar-refractivity contribution in [2.24, 2.45) is 29.6 Å². The van der Waals surface area contributed by atoms with E-state index in [9.17, 15) is 28.8 Å². The van der Waals surface area contributed by atoms with E-state index in [1.54, 1.807) is 0 Å². The Bertz CT molecular complexity index is 2600. The second kappa shape index (κ2) is 28.1. The van der Waals surface area contributed by atoms with Crippen LogP contribution in [0.25, 0.3) is 10.8 Å². The number of morpholine rings is 2. The minimum absolute atomic E-state index is 0.00743. The van der Waals surface area contributed by atoms with Gasteiger partial charge in [-0.25, -0.2) is 0 Å². The molecule has 2 heterocycles. The number of amides is 5. The standard InChI is InChI=1S/C64H85N5O8/c1-5-46(4)60(71)65-59(50-24-16-9-17-25-50)64(75)69-35-37-77-44-56(69)42-67(33-31-48-20-12-7-13-21-48)62(73)54-29-27-51-38-53(28-26-52(51)39-54)61(72)66(32-30-47-18-10-6-11-19-47)41-55-43-76-36-34-68(55)63(74)57(40-58(70)45(2)3)49-22-14-8-15-23-49/h6-7,10-13,18-21,26-29,38-39,45-46,49-50,55-57,59H,5,8-9,14-17,22-25,30-37,40-44H2,1-4H3,(H,65,71)/t46-,55-,56-,57+,59+/m1/s1. The molecule has 2 saturated heterocycles. The van der Waals surface area contributed by atoms with E-state index in [0.717, 1.165) is 86.1 Å². The van der Waals surface area contributed by atoms with Crippen molar-refractivity contribution >= 4 is 46.1 Å².